The number of ether oxygens (including phenoxy) is 2. The van der Waals surface area contributed by atoms with Crippen molar-refractivity contribution < 1.29 is 24.0 Å². The summed E-state index contributed by atoms with van der Waals surface area (Å²) < 4.78 is 10.6. The molecule has 0 aromatic heterocycles. The Kier molecular flexibility index (Phi) is 9.46. The van der Waals surface area contributed by atoms with Gasteiger partial charge in [0.05, 0.1) is 12.0 Å². The maximum absolute atomic E-state index is 13.0. The lowest BCUT2D eigenvalue weighted by Crippen LogP contribution is -2.49. The molecule has 0 heterocycles. The second kappa shape index (κ2) is 12.3. The van der Waals surface area contributed by atoms with Crippen molar-refractivity contribution in [1.82, 2.24) is 10.2 Å². The highest BCUT2D eigenvalue weighted by Gasteiger charge is 2.26. The third kappa shape index (κ3) is 6.97. The average molecular weight is 444 g/mol. The molecule has 9 nitrogen and oxygen atoms in total. The number of unbranched alkanes of at least 4 members (excludes halogenated alkanes) is 1. The fraction of sp³-hybridized carbons (Fsp3) is 0.391. The summed E-state index contributed by atoms with van der Waals surface area (Å²) in [6.45, 7) is 4.17. The van der Waals surface area contributed by atoms with Crippen molar-refractivity contribution in [2.75, 3.05) is 20.3 Å². The number of rotatable bonds is 12. The van der Waals surface area contributed by atoms with E-state index in [-0.39, 0.29) is 42.2 Å². The van der Waals surface area contributed by atoms with E-state index < -0.39 is 11.0 Å². The fourth-order valence-electron chi connectivity index (χ4n) is 3.03. The smallest absolute Gasteiger partial charge is 0.311 e. The minimum absolute atomic E-state index is 0.0322. The van der Waals surface area contributed by atoms with E-state index >= 15 is 0 Å². The summed E-state index contributed by atoms with van der Waals surface area (Å²) in [6, 6.07) is 12.7. The zero-order valence-electron chi connectivity index (χ0n) is 18.6. The average Bonchev–Trinajstić information content (AvgIpc) is 2.80. The lowest BCUT2D eigenvalue weighted by molar-refractivity contribution is -0.385. The Morgan fingerprint density at radius 1 is 1.19 bits per heavy atom. The molecule has 0 saturated heterocycles. The standard InChI is InChI=1S/C23H29N3O6/c1-4-5-13-24-23(28)17(2)25(15-18-9-7-6-8-10-18)22(27)16-32-19-11-12-20(26(29)30)21(14-19)31-3/h6-12,14,17H,4-5,13,15-16H2,1-3H3,(H,24,28)/t17-/m1/s1. The first-order valence-electron chi connectivity index (χ1n) is 10.4. The van der Waals surface area contributed by atoms with Gasteiger partial charge in [-0.25, -0.2) is 0 Å². The number of carbonyl (C=O) groups excluding carboxylic acids is 2. The fourth-order valence-corrected chi connectivity index (χ4v) is 3.03. The first-order valence-corrected chi connectivity index (χ1v) is 10.4. The van der Waals surface area contributed by atoms with Crippen LogP contribution in [0.4, 0.5) is 5.69 Å². The number of amides is 2. The number of nitro benzene ring substituents is 1. The SMILES string of the molecule is CCCCNC(=O)[C@@H](C)N(Cc1ccccc1)C(=O)COc1ccc([N+](=O)[O-])c(OC)c1. The summed E-state index contributed by atoms with van der Waals surface area (Å²) in [7, 11) is 1.32. The minimum Gasteiger partial charge on any atom is -0.490 e. The van der Waals surface area contributed by atoms with Crippen LogP contribution in [0.15, 0.2) is 48.5 Å². The van der Waals surface area contributed by atoms with Crippen LogP contribution >= 0.6 is 0 Å². The number of hydrogen-bond acceptors (Lipinski definition) is 6. The molecule has 0 spiro atoms. The summed E-state index contributed by atoms with van der Waals surface area (Å²) >= 11 is 0. The Morgan fingerprint density at radius 2 is 1.91 bits per heavy atom. The molecule has 2 rings (SSSR count). The maximum Gasteiger partial charge on any atom is 0.311 e. The molecule has 2 aromatic carbocycles. The van der Waals surface area contributed by atoms with Gasteiger partial charge in [-0.1, -0.05) is 43.7 Å². The molecule has 0 aliphatic carbocycles. The number of methoxy groups -OCH3 is 1. The van der Waals surface area contributed by atoms with Crippen molar-refractivity contribution in [1.29, 1.82) is 0 Å². The molecule has 0 aliphatic rings. The van der Waals surface area contributed by atoms with E-state index in [9.17, 15) is 19.7 Å². The van der Waals surface area contributed by atoms with Crippen molar-refractivity contribution in [3.63, 3.8) is 0 Å². The van der Waals surface area contributed by atoms with Crippen molar-refractivity contribution in [3.8, 4) is 11.5 Å². The van der Waals surface area contributed by atoms with E-state index in [2.05, 4.69) is 5.32 Å². The minimum atomic E-state index is -0.699. The van der Waals surface area contributed by atoms with Gasteiger partial charge >= 0.3 is 5.69 Å². The van der Waals surface area contributed by atoms with Crippen LogP contribution in [0.5, 0.6) is 11.5 Å². The summed E-state index contributed by atoms with van der Waals surface area (Å²) in [6.07, 6.45) is 1.81. The molecule has 1 N–H and O–H groups in total. The van der Waals surface area contributed by atoms with Crippen molar-refractivity contribution >= 4 is 17.5 Å². The lowest BCUT2D eigenvalue weighted by Gasteiger charge is -2.28. The molecule has 0 bridgehead atoms. The van der Waals surface area contributed by atoms with Gasteiger partial charge in [-0.15, -0.1) is 0 Å². The van der Waals surface area contributed by atoms with Crippen LogP contribution < -0.4 is 14.8 Å². The molecule has 2 aromatic rings. The van der Waals surface area contributed by atoms with Crippen LogP contribution in [0.3, 0.4) is 0 Å². The summed E-state index contributed by atoms with van der Waals surface area (Å²) in [5.74, 6) is -0.339. The summed E-state index contributed by atoms with van der Waals surface area (Å²) in [5.41, 5.74) is 0.681. The van der Waals surface area contributed by atoms with E-state index in [1.54, 1.807) is 6.92 Å². The van der Waals surface area contributed by atoms with Gasteiger partial charge in [0, 0.05) is 25.2 Å². The predicted molar refractivity (Wildman–Crippen MR) is 120 cm³/mol. The molecule has 32 heavy (non-hydrogen) atoms. The van der Waals surface area contributed by atoms with E-state index in [1.807, 2.05) is 37.3 Å². The Balaban J connectivity index is 2.13. The molecule has 0 radical (unpaired) electrons. The molecular formula is C23H29N3O6. The van der Waals surface area contributed by atoms with E-state index in [0.717, 1.165) is 18.4 Å². The maximum atomic E-state index is 13.0. The van der Waals surface area contributed by atoms with Crippen LogP contribution in [-0.4, -0.2) is 47.9 Å². The number of nitro groups is 1. The topological polar surface area (TPSA) is 111 Å². The quantitative estimate of drug-likeness (QED) is 0.306. The highest BCUT2D eigenvalue weighted by Crippen LogP contribution is 2.30. The summed E-state index contributed by atoms with van der Waals surface area (Å²) in [4.78, 5) is 37.5. The molecule has 1 atom stereocenters. The van der Waals surface area contributed by atoms with Crippen LogP contribution in [-0.2, 0) is 16.1 Å². The van der Waals surface area contributed by atoms with Gasteiger partial charge < -0.3 is 19.7 Å². The molecular weight excluding hydrogens is 414 g/mol. The Labute approximate surface area is 187 Å². The van der Waals surface area contributed by atoms with Gasteiger partial charge in [-0.05, 0) is 25.0 Å². The largest absolute Gasteiger partial charge is 0.490 e. The molecule has 0 unspecified atom stereocenters. The van der Waals surface area contributed by atoms with Crippen molar-refractivity contribution in [2.45, 2.75) is 39.3 Å². The van der Waals surface area contributed by atoms with Gasteiger partial charge in [-0.3, -0.25) is 19.7 Å². The lowest BCUT2D eigenvalue weighted by atomic mass is 10.1. The first-order chi connectivity index (χ1) is 15.4. The number of carbonyl (C=O) groups is 2. The molecule has 9 heteroatoms. The number of benzene rings is 2. The van der Waals surface area contributed by atoms with Crippen molar-refractivity contribution in [2.24, 2.45) is 0 Å². The number of nitrogens with one attached hydrogen (secondary N) is 1. The highest BCUT2D eigenvalue weighted by molar-refractivity contribution is 5.87. The van der Waals surface area contributed by atoms with Gasteiger partial charge in [0.25, 0.3) is 5.91 Å². The van der Waals surface area contributed by atoms with Crippen LogP contribution in [0.2, 0.25) is 0 Å². The van der Waals surface area contributed by atoms with Gasteiger partial charge in [0.2, 0.25) is 11.7 Å². The molecule has 172 valence electrons. The zero-order chi connectivity index (χ0) is 23.5. The van der Waals surface area contributed by atoms with E-state index in [1.165, 1.54) is 30.2 Å². The van der Waals surface area contributed by atoms with Gasteiger partial charge in [0.15, 0.2) is 6.61 Å². The molecule has 0 fully saturated rings. The van der Waals surface area contributed by atoms with Crippen LogP contribution in [0.1, 0.15) is 32.3 Å². The van der Waals surface area contributed by atoms with Gasteiger partial charge in [0.1, 0.15) is 11.8 Å². The number of nitrogens with zero attached hydrogens (tertiary/aromatic N) is 2. The van der Waals surface area contributed by atoms with E-state index in [0.29, 0.717) is 6.54 Å². The van der Waals surface area contributed by atoms with Crippen LogP contribution in [0, 0.1) is 10.1 Å². The monoisotopic (exact) mass is 443 g/mol. The highest BCUT2D eigenvalue weighted by atomic mass is 16.6. The third-order valence-corrected chi connectivity index (χ3v) is 4.90. The normalized spacial score (nSPS) is 11.3. The number of hydrogen-bond donors (Lipinski definition) is 1. The predicted octanol–water partition coefficient (Wildman–Crippen LogP) is 3.32. The zero-order valence-corrected chi connectivity index (χ0v) is 18.6. The molecule has 0 saturated carbocycles. The Hall–Kier alpha value is -3.62. The van der Waals surface area contributed by atoms with Gasteiger partial charge in [-0.2, -0.15) is 0 Å². The molecule has 0 aliphatic heterocycles. The Morgan fingerprint density at radius 3 is 2.53 bits per heavy atom. The second-order valence-electron chi connectivity index (χ2n) is 7.21. The third-order valence-electron chi connectivity index (χ3n) is 4.90. The van der Waals surface area contributed by atoms with E-state index in [4.69, 9.17) is 9.47 Å². The van der Waals surface area contributed by atoms with Crippen molar-refractivity contribution in [3.05, 3.63) is 64.2 Å². The molecule has 2 amide bonds. The first kappa shape index (κ1) is 24.6. The Bertz CT molecular complexity index is 919. The van der Waals surface area contributed by atoms with Crippen LogP contribution in [0.25, 0.3) is 0 Å². The second-order valence-corrected chi connectivity index (χ2v) is 7.21. The summed E-state index contributed by atoms with van der Waals surface area (Å²) in [5, 5.41) is 13.9.